The van der Waals surface area contributed by atoms with Crippen molar-refractivity contribution in [3.63, 3.8) is 0 Å². The van der Waals surface area contributed by atoms with Crippen LogP contribution in [0.5, 0.6) is 0 Å². The number of nitrogens with zero attached hydrogens (tertiary/aromatic N) is 1. The highest BCUT2D eigenvalue weighted by Gasteiger charge is 2.39. The SMILES string of the molecule is Cc1cc(Cl)ccc1NC(=O)CC1(CC(=O)N2CCOCC2)CCCC1. The van der Waals surface area contributed by atoms with Gasteiger partial charge in [0.05, 0.1) is 13.2 Å². The number of anilines is 1. The Kier molecular flexibility index (Phi) is 6.20. The maximum absolute atomic E-state index is 12.7. The van der Waals surface area contributed by atoms with Crippen LogP contribution in [-0.4, -0.2) is 43.0 Å². The van der Waals surface area contributed by atoms with Crippen LogP contribution in [0.2, 0.25) is 5.02 Å². The number of benzene rings is 1. The van der Waals surface area contributed by atoms with Gasteiger partial charge in [0, 0.05) is 36.6 Å². The molecule has 0 unspecified atom stereocenters. The first kappa shape index (κ1) is 19.2. The van der Waals surface area contributed by atoms with Gasteiger partial charge < -0.3 is 15.0 Å². The Morgan fingerprint density at radius 1 is 1.19 bits per heavy atom. The zero-order valence-corrected chi connectivity index (χ0v) is 16.1. The first-order valence-electron chi connectivity index (χ1n) is 9.39. The van der Waals surface area contributed by atoms with Crippen molar-refractivity contribution in [2.75, 3.05) is 31.6 Å². The Balaban J connectivity index is 1.63. The van der Waals surface area contributed by atoms with Gasteiger partial charge in [-0.05, 0) is 48.9 Å². The van der Waals surface area contributed by atoms with Crippen LogP contribution in [0.1, 0.15) is 44.1 Å². The van der Waals surface area contributed by atoms with Crippen LogP contribution in [-0.2, 0) is 14.3 Å². The lowest BCUT2D eigenvalue weighted by Crippen LogP contribution is -2.43. The topological polar surface area (TPSA) is 58.6 Å². The zero-order valence-electron chi connectivity index (χ0n) is 15.4. The van der Waals surface area contributed by atoms with Gasteiger partial charge in [-0.3, -0.25) is 9.59 Å². The van der Waals surface area contributed by atoms with Gasteiger partial charge in [-0.25, -0.2) is 0 Å². The van der Waals surface area contributed by atoms with Crippen molar-refractivity contribution in [1.29, 1.82) is 0 Å². The Morgan fingerprint density at radius 3 is 2.54 bits per heavy atom. The van der Waals surface area contributed by atoms with Crippen LogP contribution < -0.4 is 5.32 Å². The molecule has 0 bridgehead atoms. The van der Waals surface area contributed by atoms with E-state index in [0.717, 1.165) is 36.9 Å². The van der Waals surface area contributed by atoms with Crippen molar-refractivity contribution in [1.82, 2.24) is 4.90 Å². The normalized spacial score (nSPS) is 19.4. The maximum Gasteiger partial charge on any atom is 0.224 e. The standard InChI is InChI=1S/C20H27ClN2O3/c1-15-12-16(21)4-5-17(15)22-18(24)13-20(6-2-3-7-20)14-19(25)23-8-10-26-11-9-23/h4-5,12H,2-3,6-11,13-14H2,1H3,(H,22,24). The van der Waals surface area contributed by atoms with E-state index in [-0.39, 0.29) is 17.2 Å². The molecule has 2 aliphatic rings. The Hall–Kier alpha value is -1.59. The van der Waals surface area contributed by atoms with Crippen molar-refractivity contribution in [2.24, 2.45) is 5.41 Å². The van der Waals surface area contributed by atoms with Crippen molar-refractivity contribution in [3.8, 4) is 0 Å². The van der Waals surface area contributed by atoms with E-state index in [4.69, 9.17) is 16.3 Å². The lowest BCUT2D eigenvalue weighted by molar-refractivity contribution is -0.138. The molecule has 5 nitrogen and oxygen atoms in total. The van der Waals surface area contributed by atoms with Crippen molar-refractivity contribution < 1.29 is 14.3 Å². The van der Waals surface area contributed by atoms with E-state index in [1.54, 1.807) is 6.07 Å². The average Bonchev–Trinajstić information content (AvgIpc) is 3.06. The van der Waals surface area contributed by atoms with Gasteiger partial charge in [-0.15, -0.1) is 0 Å². The van der Waals surface area contributed by atoms with E-state index in [0.29, 0.717) is 44.2 Å². The Labute approximate surface area is 160 Å². The smallest absolute Gasteiger partial charge is 0.224 e. The Bertz CT molecular complexity index is 665. The number of nitrogens with one attached hydrogen (secondary N) is 1. The minimum absolute atomic E-state index is 0.0212. The second-order valence-corrected chi connectivity index (χ2v) is 8.00. The minimum Gasteiger partial charge on any atom is -0.378 e. The molecule has 26 heavy (non-hydrogen) atoms. The molecule has 0 aromatic heterocycles. The summed E-state index contributed by atoms with van der Waals surface area (Å²) in [7, 11) is 0. The second-order valence-electron chi connectivity index (χ2n) is 7.56. The molecule has 1 heterocycles. The monoisotopic (exact) mass is 378 g/mol. The molecule has 2 amide bonds. The highest BCUT2D eigenvalue weighted by atomic mass is 35.5. The van der Waals surface area contributed by atoms with Gasteiger partial charge in [0.15, 0.2) is 0 Å². The lowest BCUT2D eigenvalue weighted by Gasteiger charge is -2.33. The number of halogens is 1. The van der Waals surface area contributed by atoms with Gasteiger partial charge in [0.2, 0.25) is 11.8 Å². The number of aryl methyl sites for hydroxylation is 1. The number of hydrogen-bond acceptors (Lipinski definition) is 3. The molecular formula is C20H27ClN2O3. The summed E-state index contributed by atoms with van der Waals surface area (Å²) in [5, 5.41) is 3.66. The lowest BCUT2D eigenvalue weighted by atomic mass is 9.78. The number of morpholine rings is 1. The maximum atomic E-state index is 12.7. The number of rotatable bonds is 5. The third kappa shape index (κ3) is 4.77. The van der Waals surface area contributed by atoms with Gasteiger partial charge >= 0.3 is 0 Å². The molecule has 1 aromatic rings. The fraction of sp³-hybridized carbons (Fsp3) is 0.600. The predicted molar refractivity (Wildman–Crippen MR) is 102 cm³/mol. The van der Waals surface area contributed by atoms with Crippen molar-refractivity contribution >= 4 is 29.1 Å². The molecular weight excluding hydrogens is 352 g/mol. The highest BCUT2D eigenvalue weighted by Crippen LogP contribution is 2.44. The quantitative estimate of drug-likeness (QED) is 0.848. The number of carbonyl (C=O) groups is 2. The molecule has 6 heteroatoms. The summed E-state index contributed by atoms with van der Waals surface area (Å²) in [4.78, 5) is 27.3. The van der Waals surface area contributed by atoms with Crippen LogP contribution in [0, 0.1) is 12.3 Å². The fourth-order valence-electron chi connectivity index (χ4n) is 4.09. The highest BCUT2D eigenvalue weighted by molar-refractivity contribution is 6.30. The van der Waals surface area contributed by atoms with Gasteiger partial charge in [-0.2, -0.15) is 0 Å². The number of amides is 2. The van der Waals surface area contributed by atoms with Crippen molar-refractivity contribution in [3.05, 3.63) is 28.8 Å². The van der Waals surface area contributed by atoms with Gasteiger partial charge in [0.1, 0.15) is 0 Å². The first-order valence-corrected chi connectivity index (χ1v) is 9.77. The average molecular weight is 379 g/mol. The third-order valence-electron chi connectivity index (χ3n) is 5.55. The summed E-state index contributed by atoms with van der Waals surface area (Å²) in [5.41, 5.74) is 1.52. The summed E-state index contributed by atoms with van der Waals surface area (Å²) >= 11 is 5.98. The van der Waals surface area contributed by atoms with Crippen LogP contribution in [0.25, 0.3) is 0 Å². The number of hydrogen-bond donors (Lipinski definition) is 1. The van der Waals surface area contributed by atoms with Crippen LogP contribution >= 0.6 is 11.6 Å². The second kappa shape index (κ2) is 8.40. The van der Waals surface area contributed by atoms with E-state index in [1.165, 1.54) is 0 Å². The predicted octanol–water partition coefficient (Wildman–Crippen LogP) is 3.79. The number of carbonyl (C=O) groups excluding carboxylic acids is 2. The van der Waals surface area contributed by atoms with E-state index < -0.39 is 0 Å². The summed E-state index contributed by atoms with van der Waals surface area (Å²) in [6, 6.07) is 5.44. The summed E-state index contributed by atoms with van der Waals surface area (Å²) in [6.07, 6.45) is 4.91. The van der Waals surface area contributed by atoms with Crippen LogP contribution in [0.15, 0.2) is 18.2 Å². The zero-order chi connectivity index (χ0) is 18.6. The van der Waals surface area contributed by atoms with Crippen LogP contribution in [0.3, 0.4) is 0 Å². The molecule has 1 saturated heterocycles. The van der Waals surface area contributed by atoms with Crippen LogP contribution in [0.4, 0.5) is 5.69 Å². The summed E-state index contributed by atoms with van der Waals surface area (Å²) in [6.45, 7) is 4.45. The minimum atomic E-state index is -0.209. The van der Waals surface area contributed by atoms with E-state index in [1.807, 2.05) is 24.0 Å². The molecule has 0 spiro atoms. The molecule has 0 atom stereocenters. The Morgan fingerprint density at radius 2 is 1.88 bits per heavy atom. The summed E-state index contributed by atoms with van der Waals surface area (Å²) < 4.78 is 5.33. The number of ether oxygens (including phenoxy) is 1. The van der Waals surface area contributed by atoms with Gasteiger partial charge in [0.25, 0.3) is 0 Å². The first-order chi connectivity index (χ1) is 12.5. The molecule has 1 N–H and O–H groups in total. The summed E-state index contributed by atoms with van der Waals surface area (Å²) in [5.74, 6) is 0.137. The van der Waals surface area contributed by atoms with E-state index in [9.17, 15) is 9.59 Å². The fourth-order valence-corrected chi connectivity index (χ4v) is 4.32. The van der Waals surface area contributed by atoms with Crippen molar-refractivity contribution in [2.45, 2.75) is 45.4 Å². The molecule has 0 radical (unpaired) electrons. The molecule has 2 fully saturated rings. The molecule has 1 saturated carbocycles. The van der Waals surface area contributed by atoms with E-state index >= 15 is 0 Å². The van der Waals surface area contributed by atoms with Gasteiger partial charge in [-0.1, -0.05) is 24.4 Å². The molecule has 1 aromatic carbocycles. The molecule has 142 valence electrons. The third-order valence-corrected chi connectivity index (χ3v) is 5.79. The molecule has 1 aliphatic carbocycles. The molecule has 3 rings (SSSR count). The largest absolute Gasteiger partial charge is 0.378 e. The molecule has 1 aliphatic heterocycles. The van der Waals surface area contributed by atoms with E-state index in [2.05, 4.69) is 5.32 Å².